The summed E-state index contributed by atoms with van der Waals surface area (Å²) in [5, 5.41) is 33.6. The Hall–Kier alpha value is -3.83. The summed E-state index contributed by atoms with van der Waals surface area (Å²) in [5.41, 5.74) is 0.837. The Morgan fingerprint density at radius 3 is 2.00 bits per heavy atom. The number of rotatable bonds is 14. The number of urea groups is 1. The number of aliphatic carboxylic acids is 3. The number of nitrogens with one attached hydrogen (secondary N) is 3. The summed E-state index contributed by atoms with van der Waals surface area (Å²) in [4.78, 5) is 56.6. The van der Waals surface area contributed by atoms with E-state index < -0.39 is 48.5 Å². The highest BCUT2D eigenvalue weighted by Gasteiger charge is 2.24. The Morgan fingerprint density at radius 2 is 1.44 bits per heavy atom. The van der Waals surface area contributed by atoms with Crippen LogP contribution < -0.4 is 16.0 Å². The minimum Gasteiger partial charge on any atom is -0.481 e. The first-order chi connectivity index (χ1) is 15.2. The molecule has 0 aliphatic rings. The summed E-state index contributed by atoms with van der Waals surface area (Å²) in [7, 11) is 0. The van der Waals surface area contributed by atoms with E-state index in [4.69, 9.17) is 14.9 Å². The van der Waals surface area contributed by atoms with Gasteiger partial charge in [-0.15, -0.1) is 0 Å². The van der Waals surface area contributed by atoms with Gasteiger partial charge in [0.1, 0.15) is 18.7 Å². The summed E-state index contributed by atoms with van der Waals surface area (Å²) in [6, 6.07) is 5.33. The van der Waals surface area contributed by atoms with Crippen molar-refractivity contribution in [1.29, 1.82) is 0 Å². The number of carboxylic acid groups (broad SMARTS) is 3. The molecule has 32 heavy (non-hydrogen) atoms. The van der Waals surface area contributed by atoms with Crippen molar-refractivity contribution in [3.63, 3.8) is 0 Å². The lowest BCUT2D eigenvalue weighted by molar-refractivity contribution is -0.140. The van der Waals surface area contributed by atoms with E-state index in [1.165, 1.54) is 0 Å². The molecule has 12 heteroatoms. The number of hydrogen-bond acceptors (Lipinski definition) is 6. The minimum atomic E-state index is -1.47. The first-order valence-electron chi connectivity index (χ1n) is 9.88. The number of unbranched alkanes of at least 4 members (excludes halogenated alkanes) is 1. The average molecular weight is 453 g/mol. The predicted octanol–water partition coefficient (Wildman–Crippen LogP) is 1.15. The molecule has 0 saturated heterocycles. The fraction of sp³-hybridized carbons (Fsp3) is 0.450. The maximum Gasteiger partial charge on any atom is 0.407 e. The number of carboxylic acids is 3. The highest BCUT2D eigenvalue weighted by molar-refractivity contribution is 5.86. The number of benzene rings is 1. The molecule has 1 rings (SSSR count). The van der Waals surface area contributed by atoms with E-state index in [2.05, 4.69) is 16.0 Å². The first-order valence-corrected chi connectivity index (χ1v) is 9.88. The van der Waals surface area contributed by atoms with Crippen molar-refractivity contribution >= 4 is 30.0 Å². The molecule has 0 radical (unpaired) electrons. The molecule has 0 spiro atoms. The molecular weight excluding hydrogens is 426 g/mol. The van der Waals surface area contributed by atoms with Crippen LogP contribution in [0.1, 0.15) is 37.7 Å². The van der Waals surface area contributed by atoms with Crippen molar-refractivity contribution in [3.8, 4) is 0 Å². The molecule has 3 amide bonds. The van der Waals surface area contributed by atoms with E-state index in [-0.39, 0.29) is 26.0 Å². The second-order valence-electron chi connectivity index (χ2n) is 6.82. The summed E-state index contributed by atoms with van der Waals surface area (Å²) in [6.07, 6.45) is -0.623. The lowest BCUT2D eigenvalue weighted by atomic mass is 10.1. The molecule has 0 heterocycles. The van der Waals surface area contributed by atoms with Crippen molar-refractivity contribution in [1.82, 2.24) is 16.0 Å². The summed E-state index contributed by atoms with van der Waals surface area (Å²) >= 11 is 0. The smallest absolute Gasteiger partial charge is 0.407 e. The zero-order valence-electron chi connectivity index (χ0n) is 17.3. The molecule has 2 atom stereocenters. The summed E-state index contributed by atoms with van der Waals surface area (Å²) in [6.45, 7) is 0.360. The van der Waals surface area contributed by atoms with Gasteiger partial charge in [-0.2, -0.15) is 0 Å². The van der Waals surface area contributed by atoms with E-state index in [1.54, 1.807) is 0 Å². The van der Waals surface area contributed by atoms with Crippen LogP contribution in [0.3, 0.4) is 0 Å². The Morgan fingerprint density at radius 1 is 0.844 bits per heavy atom. The molecule has 1 aromatic carbocycles. The number of alkyl carbamates (subject to hydrolysis) is 1. The van der Waals surface area contributed by atoms with Crippen LogP contribution in [-0.2, 0) is 25.7 Å². The molecule has 0 aromatic heterocycles. The van der Waals surface area contributed by atoms with Gasteiger partial charge in [0.15, 0.2) is 0 Å². The van der Waals surface area contributed by atoms with Gasteiger partial charge in [0.2, 0.25) is 0 Å². The van der Waals surface area contributed by atoms with E-state index in [1.807, 2.05) is 30.3 Å². The third-order valence-corrected chi connectivity index (χ3v) is 4.26. The lowest BCUT2D eigenvalue weighted by Gasteiger charge is -2.18. The van der Waals surface area contributed by atoms with Crippen LogP contribution in [0, 0.1) is 0 Å². The van der Waals surface area contributed by atoms with Crippen molar-refractivity contribution in [2.75, 3.05) is 6.54 Å². The van der Waals surface area contributed by atoms with Crippen LogP contribution in [0.15, 0.2) is 30.3 Å². The maximum absolute atomic E-state index is 11.9. The molecule has 176 valence electrons. The quantitative estimate of drug-likeness (QED) is 0.224. The van der Waals surface area contributed by atoms with Crippen LogP contribution >= 0.6 is 0 Å². The Bertz CT molecular complexity index is 786. The molecule has 1 unspecified atom stereocenters. The van der Waals surface area contributed by atoms with Gasteiger partial charge in [-0.3, -0.25) is 4.79 Å². The third kappa shape index (κ3) is 11.4. The summed E-state index contributed by atoms with van der Waals surface area (Å²) < 4.78 is 5.04. The van der Waals surface area contributed by atoms with Crippen LogP contribution in [0.4, 0.5) is 9.59 Å². The highest BCUT2D eigenvalue weighted by Crippen LogP contribution is 2.04. The Kier molecular flexibility index (Phi) is 11.6. The first kappa shape index (κ1) is 26.2. The highest BCUT2D eigenvalue weighted by atomic mass is 16.5. The molecule has 0 aliphatic carbocycles. The average Bonchev–Trinajstić information content (AvgIpc) is 2.74. The SMILES string of the molecule is O=C(O)CC[C@H](NC(=O)NC(CCCCNC(=O)OCc1ccccc1)C(=O)O)C(=O)O. The number of carbonyl (C=O) groups excluding carboxylic acids is 2. The van der Waals surface area contributed by atoms with E-state index in [0.717, 1.165) is 5.56 Å². The molecule has 0 bridgehead atoms. The lowest BCUT2D eigenvalue weighted by Crippen LogP contribution is -2.51. The normalized spacial score (nSPS) is 12.1. The zero-order valence-corrected chi connectivity index (χ0v) is 17.3. The van der Waals surface area contributed by atoms with Gasteiger partial charge in [0.25, 0.3) is 0 Å². The molecule has 0 aliphatic heterocycles. The fourth-order valence-electron chi connectivity index (χ4n) is 2.58. The van der Waals surface area contributed by atoms with Crippen LogP contribution in [0.25, 0.3) is 0 Å². The van der Waals surface area contributed by atoms with E-state index in [9.17, 15) is 29.1 Å². The Balaban J connectivity index is 2.31. The summed E-state index contributed by atoms with van der Waals surface area (Å²) in [5.74, 6) is -3.97. The predicted molar refractivity (Wildman–Crippen MR) is 110 cm³/mol. The van der Waals surface area contributed by atoms with Crippen molar-refractivity contribution < 1.29 is 44.0 Å². The maximum atomic E-state index is 11.9. The van der Waals surface area contributed by atoms with Crippen molar-refractivity contribution in [2.24, 2.45) is 0 Å². The van der Waals surface area contributed by atoms with Crippen molar-refractivity contribution in [2.45, 2.75) is 50.8 Å². The monoisotopic (exact) mass is 453 g/mol. The van der Waals surface area contributed by atoms with Gasteiger partial charge in [-0.25, -0.2) is 19.2 Å². The molecular formula is C20H27N3O9. The largest absolute Gasteiger partial charge is 0.481 e. The standard InChI is InChI=1S/C20H27N3O9/c24-16(25)10-9-15(18(28)29)23-19(30)22-14(17(26)27)8-4-5-11-21-20(31)32-12-13-6-2-1-3-7-13/h1-3,6-7,14-15H,4-5,8-12H2,(H,21,31)(H,24,25)(H,26,27)(H,28,29)(H2,22,23,30)/t14?,15-/m0/s1. The van der Waals surface area contributed by atoms with Crippen LogP contribution in [0.5, 0.6) is 0 Å². The Labute approximate surface area is 183 Å². The van der Waals surface area contributed by atoms with Crippen LogP contribution in [-0.4, -0.2) is 64.0 Å². The van der Waals surface area contributed by atoms with Gasteiger partial charge >= 0.3 is 30.0 Å². The van der Waals surface area contributed by atoms with E-state index in [0.29, 0.717) is 12.8 Å². The van der Waals surface area contributed by atoms with Gasteiger partial charge in [-0.1, -0.05) is 30.3 Å². The van der Waals surface area contributed by atoms with Gasteiger partial charge in [0, 0.05) is 13.0 Å². The number of carbonyl (C=O) groups is 5. The zero-order chi connectivity index (χ0) is 23.9. The molecule has 0 saturated carbocycles. The number of amides is 3. The second-order valence-corrected chi connectivity index (χ2v) is 6.82. The van der Waals surface area contributed by atoms with Crippen molar-refractivity contribution in [3.05, 3.63) is 35.9 Å². The van der Waals surface area contributed by atoms with Gasteiger partial charge in [0.05, 0.1) is 0 Å². The molecule has 6 N–H and O–H groups in total. The van der Waals surface area contributed by atoms with E-state index >= 15 is 0 Å². The second kappa shape index (κ2) is 14.2. The van der Waals surface area contributed by atoms with Gasteiger partial charge < -0.3 is 36.0 Å². The molecule has 0 fully saturated rings. The molecule has 1 aromatic rings. The third-order valence-electron chi connectivity index (χ3n) is 4.26. The van der Waals surface area contributed by atoms with Crippen LogP contribution in [0.2, 0.25) is 0 Å². The topological polar surface area (TPSA) is 191 Å². The number of hydrogen-bond donors (Lipinski definition) is 6. The fourth-order valence-corrected chi connectivity index (χ4v) is 2.58. The minimum absolute atomic E-state index is 0.0381. The number of ether oxygens (including phenoxy) is 1. The van der Waals surface area contributed by atoms with Gasteiger partial charge in [-0.05, 0) is 31.2 Å². The molecule has 12 nitrogen and oxygen atoms in total.